The fourth-order valence-corrected chi connectivity index (χ4v) is 4.20. The fourth-order valence-electron chi connectivity index (χ4n) is 4.20. The van der Waals surface area contributed by atoms with Gasteiger partial charge in [0.1, 0.15) is 0 Å². The molecule has 2 saturated carbocycles. The second kappa shape index (κ2) is 6.58. The molecule has 19 heavy (non-hydrogen) atoms. The van der Waals surface area contributed by atoms with Crippen LogP contribution in [0.25, 0.3) is 0 Å². The van der Waals surface area contributed by atoms with Crippen LogP contribution in [0.5, 0.6) is 0 Å². The van der Waals surface area contributed by atoms with Crippen LogP contribution in [0.2, 0.25) is 0 Å². The fraction of sp³-hybridized carbons (Fsp3) is 1.00. The number of hydrogen-bond acceptors (Lipinski definition) is 2. The van der Waals surface area contributed by atoms with Crippen LogP contribution in [0.15, 0.2) is 0 Å². The van der Waals surface area contributed by atoms with E-state index in [1.807, 2.05) is 0 Å². The van der Waals surface area contributed by atoms with Gasteiger partial charge in [-0.15, -0.1) is 0 Å². The summed E-state index contributed by atoms with van der Waals surface area (Å²) in [6, 6.07) is 1.14. The lowest BCUT2D eigenvalue weighted by Gasteiger charge is -2.42. The third kappa shape index (κ3) is 4.19. The first kappa shape index (κ1) is 15.3. The standard InChI is InChI=1S/C17H33NO/c1-17(2,3)16(10-11-19)18-15-9-8-13-6-4-5-7-14(13)12-15/h13-16,18-19H,4-12H2,1-3H3. The van der Waals surface area contributed by atoms with Gasteiger partial charge >= 0.3 is 0 Å². The molecule has 0 aromatic carbocycles. The number of aliphatic hydroxyl groups is 1. The van der Waals surface area contributed by atoms with Crippen molar-refractivity contribution in [1.29, 1.82) is 0 Å². The van der Waals surface area contributed by atoms with Crippen molar-refractivity contribution >= 4 is 0 Å². The third-order valence-corrected chi connectivity index (χ3v) is 5.44. The van der Waals surface area contributed by atoms with Crippen molar-refractivity contribution in [3.05, 3.63) is 0 Å². The summed E-state index contributed by atoms with van der Waals surface area (Å²) in [7, 11) is 0. The Morgan fingerprint density at radius 2 is 1.74 bits per heavy atom. The number of fused-ring (bicyclic) bond motifs is 1. The van der Waals surface area contributed by atoms with E-state index in [1.165, 1.54) is 44.9 Å². The largest absolute Gasteiger partial charge is 0.396 e. The van der Waals surface area contributed by atoms with E-state index in [1.54, 1.807) is 0 Å². The molecule has 0 aromatic rings. The molecule has 0 spiro atoms. The Balaban J connectivity index is 1.87. The van der Waals surface area contributed by atoms with Gasteiger partial charge in [-0.1, -0.05) is 46.5 Å². The molecule has 0 heterocycles. The highest BCUT2D eigenvalue weighted by Gasteiger charge is 2.34. The SMILES string of the molecule is CC(C)(C)C(CCO)NC1CCC2CCCCC2C1. The topological polar surface area (TPSA) is 32.3 Å². The second-order valence-electron chi connectivity index (χ2n) is 7.91. The van der Waals surface area contributed by atoms with Gasteiger partial charge in [0, 0.05) is 18.7 Å². The van der Waals surface area contributed by atoms with Crippen LogP contribution >= 0.6 is 0 Å². The van der Waals surface area contributed by atoms with E-state index in [9.17, 15) is 5.11 Å². The van der Waals surface area contributed by atoms with E-state index < -0.39 is 0 Å². The summed E-state index contributed by atoms with van der Waals surface area (Å²) in [5.74, 6) is 2.01. The summed E-state index contributed by atoms with van der Waals surface area (Å²) in [5, 5.41) is 13.1. The normalized spacial score (nSPS) is 33.8. The average molecular weight is 267 g/mol. The quantitative estimate of drug-likeness (QED) is 0.813. The molecule has 0 saturated heterocycles. The maximum absolute atomic E-state index is 9.28. The van der Waals surface area contributed by atoms with Crippen LogP contribution < -0.4 is 5.32 Å². The van der Waals surface area contributed by atoms with Crippen molar-refractivity contribution in [3.8, 4) is 0 Å². The Hall–Kier alpha value is -0.0800. The summed E-state index contributed by atoms with van der Waals surface area (Å²) >= 11 is 0. The summed E-state index contributed by atoms with van der Waals surface area (Å²) in [4.78, 5) is 0. The van der Waals surface area contributed by atoms with Crippen molar-refractivity contribution in [2.45, 2.75) is 84.2 Å². The monoisotopic (exact) mass is 267 g/mol. The van der Waals surface area contributed by atoms with E-state index in [-0.39, 0.29) is 5.41 Å². The van der Waals surface area contributed by atoms with Crippen LogP contribution in [-0.2, 0) is 0 Å². The van der Waals surface area contributed by atoms with Crippen molar-refractivity contribution < 1.29 is 5.11 Å². The summed E-state index contributed by atoms with van der Waals surface area (Å²) < 4.78 is 0. The molecular weight excluding hydrogens is 234 g/mol. The van der Waals surface area contributed by atoms with Gasteiger partial charge in [0.15, 0.2) is 0 Å². The Bertz CT molecular complexity index is 271. The maximum Gasteiger partial charge on any atom is 0.0446 e. The highest BCUT2D eigenvalue weighted by atomic mass is 16.3. The number of hydrogen-bond donors (Lipinski definition) is 2. The van der Waals surface area contributed by atoms with Crippen LogP contribution in [0.3, 0.4) is 0 Å². The van der Waals surface area contributed by atoms with Crippen molar-refractivity contribution in [2.75, 3.05) is 6.61 Å². The summed E-state index contributed by atoms with van der Waals surface area (Å²) in [6.45, 7) is 7.15. The molecule has 2 rings (SSSR count). The Morgan fingerprint density at radius 1 is 1.05 bits per heavy atom. The lowest BCUT2D eigenvalue weighted by Crippen LogP contribution is -2.49. The van der Waals surface area contributed by atoms with Crippen LogP contribution in [0, 0.1) is 17.3 Å². The van der Waals surface area contributed by atoms with E-state index in [0.717, 1.165) is 18.3 Å². The van der Waals surface area contributed by atoms with E-state index >= 15 is 0 Å². The molecule has 0 aromatic heterocycles. The highest BCUT2D eigenvalue weighted by Crippen LogP contribution is 2.40. The van der Waals surface area contributed by atoms with Gasteiger partial charge in [-0.3, -0.25) is 0 Å². The molecule has 0 radical (unpaired) electrons. The zero-order chi connectivity index (χ0) is 13.9. The number of aliphatic hydroxyl groups excluding tert-OH is 1. The zero-order valence-corrected chi connectivity index (χ0v) is 13.1. The minimum absolute atomic E-state index is 0.242. The van der Waals surface area contributed by atoms with Gasteiger partial charge in [-0.2, -0.15) is 0 Å². The predicted molar refractivity (Wildman–Crippen MR) is 81.2 cm³/mol. The minimum atomic E-state index is 0.242. The van der Waals surface area contributed by atoms with Gasteiger partial charge in [-0.25, -0.2) is 0 Å². The van der Waals surface area contributed by atoms with Crippen LogP contribution in [0.4, 0.5) is 0 Å². The molecule has 4 atom stereocenters. The zero-order valence-electron chi connectivity index (χ0n) is 13.1. The minimum Gasteiger partial charge on any atom is -0.396 e. The van der Waals surface area contributed by atoms with E-state index in [2.05, 4.69) is 26.1 Å². The van der Waals surface area contributed by atoms with E-state index in [4.69, 9.17) is 0 Å². The average Bonchev–Trinajstić information content (AvgIpc) is 2.37. The van der Waals surface area contributed by atoms with Crippen molar-refractivity contribution in [2.24, 2.45) is 17.3 Å². The first-order chi connectivity index (χ1) is 9.00. The summed E-state index contributed by atoms with van der Waals surface area (Å²) in [6.07, 6.45) is 10.9. The molecule has 2 N–H and O–H groups in total. The first-order valence-electron chi connectivity index (χ1n) is 8.37. The third-order valence-electron chi connectivity index (χ3n) is 5.44. The number of rotatable bonds is 4. The molecule has 2 aliphatic rings. The molecule has 2 heteroatoms. The number of nitrogens with one attached hydrogen (secondary N) is 1. The van der Waals surface area contributed by atoms with Gasteiger partial charge < -0.3 is 10.4 Å². The molecule has 0 amide bonds. The molecule has 2 fully saturated rings. The molecular formula is C17H33NO. The second-order valence-corrected chi connectivity index (χ2v) is 7.91. The molecule has 2 aliphatic carbocycles. The highest BCUT2D eigenvalue weighted by molar-refractivity contribution is 4.90. The smallest absolute Gasteiger partial charge is 0.0446 e. The van der Waals surface area contributed by atoms with Crippen molar-refractivity contribution in [1.82, 2.24) is 5.32 Å². The first-order valence-corrected chi connectivity index (χ1v) is 8.37. The molecule has 0 aliphatic heterocycles. The van der Waals surface area contributed by atoms with Crippen LogP contribution in [0.1, 0.15) is 72.1 Å². The Labute approximate surface area is 119 Å². The molecule has 0 bridgehead atoms. The van der Waals surface area contributed by atoms with Gasteiger partial charge in [0.05, 0.1) is 0 Å². The lowest BCUT2D eigenvalue weighted by atomic mass is 9.69. The van der Waals surface area contributed by atoms with Gasteiger partial charge in [0.25, 0.3) is 0 Å². The van der Waals surface area contributed by atoms with Gasteiger partial charge in [-0.05, 0) is 42.9 Å². The maximum atomic E-state index is 9.28. The van der Waals surface area contributed by atoms with Crippen molar-refractivity contribution in [3.63, 3.8) is 0 Å². The summed E-state index contributed by atoms with van der Waals surface area (Å²) in [5.41, 5.74) is 0.242. The molecule has 2 nitrogen and oxygen atoms in total. The van der Waals surface area contributed by atoms with Gasteiger partial charge in [0.2, 0.25) is 0 Å². The predicted octanol–water partition coefficient (Wildman–Crippen LogP) is 3.73. The van der Waals surface area contributed by atoms with E-state index in [0.29, 0.717) is 18.7 Å². The molecule has 4 unspecified atom stereocenters. The lowest BCUT2D eigenvalue weighted by molar-refractivity contribution is 0.116. The Morgan fingerprint density at radius 3 is 2.37 bits per heavy atom. The Kier molecular flexibility index (Phi) is 5.30. The molecule has 112 valence electrons. The van der Waals surface area contributed by atoms with Crippen LogP contribution in [-0.4, -0.2) is 23.8 Å².